The number of barbiturate groups is 1. The molecule has 38 heavy (non-hydrogen) atoms. The third kappa shape index (κ3) is 5.41. The second-order valence-electron chi connectivity index (χ2n) is 8.18. The van der Waals surface area contributed by atoms with Crippen molar-refractivity contribution in [2.45, 2.75) is 13.1 Å². The SMILES string of the molecule is COc1cc(/C=C2\C(=O)NC(=O)N(c3cccc(C(F)(F)F)c3)C2=O)ccc1OC(=O)c1cccc(C)c1. The van der Waals surface area contributed by atoms with Crippen LogP contribution < -0.4 is 19.7 Å². The first-order valence-electron chi connectivity index (χ1n) is 11.0. The molecule has 0 unspecified atom stereocenters. The molecular weight excluding hydrogens is 505 g/mol. The highest BCUT2D eigenvalue weighted by Gasteiger charge is 2.38. The van der Waals surface area contributed by atoms with E-state index in [9.17, 15) is 32.3 Å². The first-order chi connectivity index (χ1) is 18.0. The number of anilines is 1. The molecule has 4 amide bonds. The van der Waals surface area contributed by atoms with E-state index in [0.29, 0.717) is 16.5 Å². The molecule has 0 aliphatic carbocycles. The van der Waals surface area contributed by atoms with Gasteiger partial charge in [0.05, 0.1) is 23.9 Å². The molecule has 1 heterocycles. The van der Waals surface area contributed by atoms with Crippen LogP contribution in [0.5, 0.6) is 11.5 Å². The van der Waals surface area contributed by atoms with E-state index >= 15 is 0 Å². The number of urea groups is 1. The van der Waals surface area contributed by atoms with Gasteiger partial charge in [-0.1, -0.05) is 29.8 Å². The van der Waals surface area contributed by atoms with E-state index in [4.69, 9.17) is 9.47 Å². The van der Waals surface area contributed by atoms with Crippen LogP contribution in [0.1, 0.15) is 27.0 Å². The van der Waals surface area contributed by atoms with Crippen LogP contribution in [0.4, 0.5) is 23.7 Å². The number of alkyl halides is 3. The maximum atomic E-state index is 13.1. The summed E-state index contributed by atoms with van der Waals surface area (Å²) in [5, 5.41) is 1.95. The lowest BCUT2D eigenvalue weighted by Gasteiger charge is -2.27. The highest BCUT2D eigenvalue weighted by atomic mass is 19.4. The van der Waals surface area contributed by atoms with Crippen LogP contribution >= 0.6 is 0 Å². The molecule has 0 spiro atoms. The van der Waals surface area contributed by atoms with Crippen molar-refractivity contribution in [2.24, 2.45) is 0 Å². The summed E-state index contributed by atoms with van der Waals surface area (Å²) in [6.07, 6.45) is -3.57. The Kier molecular flexibility index (Phi) is 7.02. The van der Waals surface area contributed by atoms with E-state index in [0.717, 1.165) is 29.8 Å². The Bertz CT molecular complexity index is 1500. The fourth-order valence-electron chi connectivity index (χ4n) is 3.67. The third-order valence-corrected chi connectivity index (χ3v) is 5.49. The predicted molar refractivity (Wildman–Crippen MR) is 130 cm³/mol. The van der Waals surface area contributed by atoms with Crippen LogP contribution in [0.2, 0.25) is 0 Å². The maximum absolute atomic E-state index is 13.1. The molecule has 0 atom stereocenters. The van der Waals surface area contributed by atoms with Crippen molar-refractivity contribution in [1.82, 2.24) is 5.32 Å². The zero-order valence-electron chi connectivity index (χ0n) is 20.0. The van der Waals surface area contributed by atoms with Crippen LogP contribution in [-0.4, -0.2) is 30.9 Å². The van der Waals surface area contributed by atoms with Gasteiger partial charge < -0.3 is 9.47 Å². The summed E-state index contributed by atoms with van der Waals surface area (Å²) in [5.41, 5.74) is -0.499. The van der Waals surface area contributed by atoms with Gasteiger partial charge in [-0.2, -0.15) is 13.2 Å². The molecule has 3 aromatic carbocycles. The molecule has 1 saturated heterocycles. The Morgan fingerprint density at radius 3 is 2.37 bits per heavy atom. The van der Waals surface area contributed by atoms with Crippen LogP contribution in [0, 0.1) is 6.92 Å². The summed E-state index contributed by atoms with van der Waals surface area (Å²) < 4.78 is 50.1. The van der Waals surface area contributed by atoms with Crippen LogP contribution in [0.3, 0.4) is 0 Å². The summed E-state index contributed by atoms with van der Waals surface area (Å²) >= 11 is 0. The fraction of sp³-hybridized carbons (Fsp3) is 0.111. The van der Waals surface area contributed by atoms with Crippen molar-refractivity contribution in [1.29, 1.82) is 0 Å². The van der Waals surface area contributed by atoms with Crippen molar-refractivity contribution >= 4 is 35.6 Å². The average molecular weight is 524 g/mol. The van der Waals surface area contributed by atoms with E-state index in [1.807, 2.05) is 18.3 Å². The van der Waals surface area contributed by atoms with Crippen molar-refractivity contribution < 1.29 is 41.8 Å². The first kappa shape index (κ1) is 26.1. The van der Waals surface area contributed by atoms with Crippen molar-refractivity contribution in [3.05, 3.63) is 94.6 Å². The number of carbonyl (C=O) groups is 4. The number of aryl methyl sites for hydroxylation is 1. The van der Waals surface area contributed by atoms with Gasteiger partial charge in [0.1, 0.15) is 5.57 Å². The molecule has 1 N–H and O–H groups in total. The molecule has 4 rings (SSSR count). The molecule has 0 bridgehead atoms. The van der Waals surface area contributed by atoms with E-state index < -0.39 is 41.1 Å². The standard InChI is InChI=1S/C27H19F3N2O6/c1-15-5-3-6-17(11-15)25(35)38-21-10-9-16(13-22(21)37-2)12-20-23(33)31-26(36)32(24(20)34)19-8-4-7-18(14-19)27(28,29)30/h3-14H,1-2H3,(H,31,33,36)/b20-12+. The van der Waals surface area contributed by atoms with E-state index in [1.54, 1.807) is 18.2 Å². The van der Waals surface area contributed by atoms with Gasteiger partial charge in [-0.3, -0.25) is 14.9 Å². The zero-order chi connectivity index (χ0) is 27.6. The first-order valence-corrected chi connectivity index (χ1v) is 11.0. The number of benzene rings is 3. The van der Waals surface area contributed by atoms with Crippen LogP contribution in [0.25, 0.3) is 6.08 Å². The van der Waals surface area contributed by atoms with Gasteiger partial charge in [-0.15, -0.1) is 0 Å². The van der Waals surface area contributed by atoms with Gasteiger partial charge in [0.25, 0.3) is 11.8 Å². The Balaban J connectivity index is 1.64. The Hall–Kier alpha value is -4.93. The minimum Gasteiger partial charge on any atom is -0.493 e. The van der Waals surface area contributed by atoms with Crippen LogP contribution in [-0.2, 0) is 15.8 Å². The molecule has 1 aliphatic rings. The molecule has 194 valence electrons. The molecule has 1 aliphatic heterocycles. The van der Waals surface area contributed by atoms with E-state index in [1.165, 1.54) is 25.3 Å². The van der Waals surface area contributed by atoms with Gasteiger partial charge in [0, 0.05) is 0 Å². The minimum atomic E-state index is -4.71. The summed E-state index contributed by atoms with van der Waals surface area (Å²) in [4.78, 5) is 50.8. The number of rotatable bonds is 5. The van der Waals surface area contributed by atoms with Crippen molar-refractivity contribution in [3.63, 3.8) is 0 Å². The largest absolute Gasteiger partial charge is 0.493 e. The number of nitrogens with zero attached hydrogens (tertiary/aromatic N) is 1. The Morgan fingerprint density at radius 1 is 0.947 bits per heavy atom. The second kappa shape index (κ2) is 10.2. The second-order valence-corrected chi connectivity index (χ2v) is 8.18. The Morgan fingerprint density at radius 2 is 1.68 bits per heavy atom. The van der Waals surface area contributed by atoms with Gasteiger partial charge in [-0.05, 0) is 61.0 Å². The molecule has 0 radical (unpaired) electrons. The molecule has 3 aromatic rings. The predicted octanol–water partition coefficient (Wildman–Crippen LogP) is 4.91. The van der Waals surface area contributed by atoms with Crippen molar-refractivity contribution in [2.75, 3.05) is 12.0 Å². The third-order valence-electron chi connectivity index (χ3n) is 5.49. The number of imide groups is 2. The summed E-state index contributed by atoms with van der Waals surface area (Å²) in [7, 11) is 1.32. The number of amides is 4. The molecule has 8 nitrogen and oxygen atoms in total. The Labute approximate surface area is 214 Å². The van der Waals surface area contributed by atoms with Crippen LogP contribution in [0.15, 0.2) is 72.3 Å². The number of esters is 1. The number of nitrogens with one attached hydrogen (secondary N) is 1. The summed E-state index contributed by atoms with van der Waals surface area (Å²) in [6, 6.07) is 13.4. The number of halogens is 3. The topological polar surface area (TPSA) is 102 Å². The minimum absolute atomic E-state index is 0.0707. The highest BCUT2D eigenvalue weighted by molar-refractivity contribution is 6.39. The zero-order valence-corrected chi connectivity index (χ0v) is 20.0. The monoisotopic (exact) mass is 524 g/mol. The van der Waals surface area contributed by atoms with E-state index in [-0.39, 0.29) is 22.7 Å². The quantitative estimate of drug-likeness (QED) is 0.220. The molecule has 11 heteroatoms. The van der Waals surface area contributed by atoms with E-state index in [2.05, 4.69) is 0 Å². The number of methoxy groups -OCH3 is 1. The van der Waals surface area contributed by atoms with Gasteiger partial charge in [0.2, 0.25) is 0 Å². The molecule has 1 fully saturated rings. The number of carbonyl (C=O) groups excluding carboxylic acids is 4. The summed E-state index contributed by atoms with van der Waals surface area (Å²) in [5.74, 6) is -2.60. The number of hydrogen-bond donors (Lipinski definition) is 1. The lowest BCUT2D eigenvalue weighted by molar-refractivity contribution is -0.137. The maximum Gasteiger partial charge on any atom is 0.416 e. The molecular formula is C27H19F3N2O6. The van der Waals surface area contributed by atoms with Gasteiger partial charge in [0.15, 0.2) is 11.5 Å². The number of hydrogen-bond acceptors (Lipinski definition) is 6. The molecule has 0 saturated carbocycles. The van der Waals surface area contributed by atoms with Gasteiger partial charge >= 0.3 is 18.2 Å². The van der Waals surface area contributed by atoms with Crippen molar-refractivity contribution in [3.8, 4) is 11.5 Å². The van der Waals surface area contributed by atoms with Gasteiger partial charge in [-0.25, -0.2) is 14.5 Å². The average Bonchev–Trinajstić information content (AvgIpc) is 2.86. The highest BCUT2D eigenvalue weighted by Crippen LogP contribution is 2.33. The smallest absolute Gasteiger partial charge is 0.416 e. The lowest BCUT2D eigenvalue weighted by atomic mass is 10.1. The lowest BCUT2D eigenvalue weighted by Crippen LogP contribution is -2.54. The fourth-order valence-corrected chi connectivity index (χ4v) is 3.67. The number of ether oxygens (including phenoxy) is 2. The summed E-state index contributed by atoms with van der Waals surface area (Å²) in [6.45, 7) is 1.82. The normalized spacial score (nSPS) is 14.9. The molecule has 0 aromatic heterocycles.